The summed E-state index contributed by atoms with van der Waals surface area (Å²) in [6.07, 6.45) is 4.19. The number of nitrogens with zero attached hydrogens (tertiary/aromatic N) is 2. The molecular formula is C12H16N2O3. The van der Waals surface area contributed by atoms with Crippen LogP contribution in [0, 0.1) is 10.1 Å². The number of pyridine rings is 1. The SMILES string of the molecule is COc1nc2c(cc1[N+](=O)[O-])C(C)CCCC2. The molecule has 0 aliphatic heterocycles. The van der Waals surface area contributed by atoms with Crippen molar-refractivity contribution < 1.29 is 9.66 Å². The van der Waals surface area contributed by atoms with E-state index in [4.69, 9.17) is 4.74 Å². The zero-order valence-electron chi connectivity index (χ0n) is 10.1. The molecule has 1 heterocycles. The van der Waals surface area contributed by atoms with Crippen LogP contribution in [0.2, 0.25) is 0 Å². The lowest BCUT2D eigenvalue weighted by Crippen LogP contribution is -2.04. The number of methoxy groups -OCH3 is 1. The van der Waals surface area contributed by atoms with Crippen molar-refractivity contribution in [2.45, 2.75) is 38.5 Å². The fourth-order valence-corrected chi connectivity index (χ4v) is 2.34. The first-order chi connectivity index (χ1) is 8.13. The lowest BCUT2D eigenvalue weighted by atomic mass is 9.97. The molecule has 0 aromatic carbocycles. The second kappa shape index (κ2) is 4.69. The summed E-state index contributed by atoms with van der Waals surface area (Å²) in [6.45, 7) is 2.10. The molecule has 0 bridgehead atoms. The number of fused-ring (bicyclic) bond motifs is 1. The molecule has 2 rings (SSSR count). The van der Waals surface area contributed by atoms with Crippen LogP contribution in [0.5, 0.6) is 5.88 Å². The highest BCUT2D eigenvalue weighted by Crippen LogP contribution is 2.35. The molecule has 92 valence electrons. The molecule has 5 heteroatoms. The van der Waals surface area contributed by atoms with Gasteiger partial charge in [0, 0.05) is 11.8 Å². The van der Waals surface area contributed by atoms with Crippen LogP contribution in [-0.4, -0.2) is 17.0 Å². The maximum absolute atomic E-state index is 10.9. The molecule has 1 aliphatic carbocycles. The van der Waals surface area contributed by atoms with Crippen molar-refractivity contribution in [3.8, 4) is 5.88 Å². The normalized spacial score (nSPS) is 19.3. The third kappa shape index (κ3) is 2.23. The summed E-state index contributed by atoms with van der Waals surface area (Å²) in [7, 11) is 1.42. The number of aryl methyl sites for hydroxylation is 1. The van der Waals surface area contributed by atoms with E-state index < -0.39 is 4.92 Å². The average molecular weight is 236 g/mol. The maximum atomic E-state index is 10.9. The van der Waals surface area contributed by atoms with E-state index in [0.29, 0.717) is 5.92 Å². The summed E-state index contributed by atoms with van der Waals surface area (Å²) in [5.74, 6) is 0.465. The summed E-state index contributed by atoms with van der Waals surface area (Å²) in [5, 5.41) is 10.9. The van der Waals surface area contributed by atoms with Crippen LogP contribution in [-0.2, 0) is 6.42 Å². The summed E-state index contributed by atoms with van der Waals surface area (Å²) < 4.78 is 5.00. The molecule has 0 amide bonds. The highest BCUT2D eigenvalue weighted by Gasteiger charge is 2.24. The molecule has 1 unspecified atom stereocenters. The predicted octanol–water partition coefficient (Wildman–Crippen LogP) is 2.83. The van der Waals surface area contributed by atoms with Crippen molar-refractivity contribution in [3.63, 3.8) is 0 Å². The Bertz CT molecular complexity index is 446. The molecule has 5 nitrogen and oxygen atoms in total. The van der Waals surface area contributed by atoms with E-state index in [1.807, 2.05) is 0 Å². The zero-order chi connectivity index (χ0) is 12.4. The van der Waals surface area contributed by atoms with Gasteiger partial charge in [0.05, 0.1) is 12.0 Å². The zero-order valence-corrected chi connectivity index (χ0v) is 10.1. The third-order valence-electron chi connectivity index (χ3n) is 3.30. The molecule has 0 saturated heterocycles. The van der Waals surface area contributed by atoms with Crippen molar-refractivity contribution in [2.24, 2.45) is 0 Å². The monoisotopic (exact) mass is 236 g/mol. The van der Waals surface area contributed by atoms with Crippen molar-refractivity contribution in [1.29, 1.82) is 0 Å². The number of aromatic nitrogens is 1. The van der Waals surface area contributed by atoms with Gasteiger partial charge in [-0.25, -0.2) is 4.98 Å². The van der Waals surface area contributed by atoms with E-state index >= 15 is 0 Å². The highest BCUT2D eigenvalue weighted by atomic mass is 16.6. The average Bonchev–Trinajstić information content (AvgIpc) is 2.49. The van der Waals surface area contributed by atoms with Gasteiger partial charge in [-0.1, -0.05) is 13.3 Å². The van der Waals surface area contributed by atoms with E-state index in [1.165, 1.54) is 7.11 Å². The van der Waals surface area contributed by atoms with Gasteiger partial charge in [0.2, 0.25) is 0 Å². The minimum atomic E-state index is -0.427. The third-order valence-corrected chi connectivity index (χ3v) is 3.30. The second-order valence-corrected chi connectivity index (χ2v) is 4.46. The van der Waals surface area contributed by atoms with Gasteiger partial charge < -0.3 is 4.74 Å². The summed E-state index contributed by atoms with van der Waals surface area (Å²) >= 11 is 0. The topological polar surface area (TPSA) is 65.3 Å². The first-order valence-corrected chi connectivity index (χ1v) is 5.85. The van der Waals surface area contributed by atoms with E-state index in [1.54, 1.807) is 6.07 Å². The van der Waals surface area contributed by atoms with Gasteiger partial charge in [0.25, 0.3) is 5.88 Å². The molecule has 0 spiro atoms. The van der Waals surface area contributed by atoms with Crippen molar-refractivity contribution in [1.82, 2.24) is 4.98 Å². The standard InChI is InChI=1S/C12H16N2O3/c1-8-5-3-4-6-10-9(8)7-11(14(15)16)12(13-10)17-2/h7-8H,3-6H2,1-2H3. The number of nitro groups is 1. The second-order valence-electron chi connectivity index (χ2n) is 4.46. The molecule has 1 atom stereocenters. The molecular weight excluding hydrogens is 220 g/mol. The Morgan fingerprint density at radius 3 is 2.94 bits per heavy atom. The molecule has 1 aliphatic rings. The molecule has 0 radical (unpaired) electrons. The Morgan fingerprint density at radius 2 is 2.29 bits per heavy atom. The molecule has 1 aromatic heterocycles. The number of hydrogen-bond donors (Lipinski definition) is 0. The Morgan fingerprint density at radius 1 is 1.53 bits per heavy atom. The Labute approximate surface area is 100.0 Å². The van der Waals surface area contributed by atoms with E-state index in [0.717, 1.165) is 36.9 Å². The number of ether oxygens (including phenoxy) is 1. The largest absolute Gasteiger partial charge is 0.476 e. The fraction of sp³-hybridized carbons (Fsp3) is 0.583. The van der Waals surface area contributed by atoms with Crippen LogP contribution in [0.1, 0.15) is 43.4 Å². The molecule has 1 aromatic rings. The van der Waals surface area contributed by atoms with Crippen LogP contribution < -0.4 is 4.74 Å². The predicted molar refractivity (Wildman–Crippen MR) is 63.4 cm³/mol. The Kier molecular flexibility index (Phi) is 3.26. The van der Waals surface area contributed by atoms with Gasteiger partial charge in [-0.15, -0.1) is 0 Å². The molecule has 0 fully saturated rings. The Hall–Kier alpha value is -1.65. The van der Waals surface area contributed by atoms with Crippen molar-refractivity contribution >= 4 is 5.69 Å². The van der Waals surface area contributed by atoms with E-state index in [2.05, 4.69) is 11.9 Å². The van der Waals surface area contributed by atoms with Gasteiger partial charge in [-0.3, -0.25) is 10.1 Å². The number of rotatable bonds is 2. The van der Waals surface area contributed by atoms with Crippen molar-refractivity contribution in [3.05, 3.63) is 27.4 Å². The van der Waals surface area contributed by atoms with Crippen LogP contribution >= 0.6 is 0 Å². The van der Waals surface area contributed by atoms with Gasteiger partial charge in [0.1, 0.15) is 0 Å². The maximum Gasteiger partial charge on any atom is 0.331 e. The van der Waals surface area contributed by atoms with E-state index in [9.17, 15) is 10.1 Å². The number of hydrogen-bond acceptors (Lipinski definition) is 4. The highest BCUT2D eigenvalue weighted by molar-refractivity contribution is 5.47. The van der Waals surface area contributed by atoms with Gasteiger partial charge in [-0.2, -0.15) is 0 Å². The molecule has 0 N–H and O–H groups in total. The van der Waals surface area contributed by atoms with Gasteiger partial charge in [0.15, 0.2) is 0 Å². The first kappa shape index (κ1) is 11.8. The Balaban J connectivity index is 2.54. The lowest BCUT2D eigenvalue weighted by molar-refractivity contribution is -0.386. The summed E-state index contributed by atoms with van der Waals surface area (Å²) in [6, 6.07) is 1.64. The van der Waals surface area contributed by atoms with Crippen LogP contribution in [0.15, 0.2) is 6.07 Å². The summed E-state index contributed by atoms with van der Waals surface area (Å²) in [4.78, 5) is 14.8. The minimum Gasteiger partial charge on any atom is -0.476 e. The van der Waals surface area contributed by atoms with Crippen LogP contribution in [0.4, 0.5) is 5.69 Å². The summed E-state index contributed by atoms with van der Waals surface area (Å²) in [5.41, 5.74) is 1.94. The fourth-order valence-electron chi connectivity index (χ4n) is 2.34. The van der Waals surface area contributed by atoms with Crippen molar-refractivity contribution in [2.75, 3.05) is 7.11 Å². The van der Waals surface area contributed by atoms with Gasteiger partial charge in [-0.05, 0) is 30.7 Å². The lowest BCUT2D eigenvalue weighted by Gasteiger charge is -2.12. The van der Waals surface area contributed by atoms with Gasteiger partial charge >= 0.3 is 5.69 Å². The smallest absolute Gasteiger partial charge is 0.331 e. The molecule has 17 heavy (non-hydrogen) atoms. The van der Waals surface area contributed by atoms with Crippen LogP contribution in [0.3, 0.4) is 0 Å². The quantitative estimate of drug-likeness (QED) is 0.450. The van der Waals surface area contributed by atoms with E-state index in [-0.39, 0.29) is 11.6 Å². The van der Waals surface area contributed by atoms with Crippen LogP contribution in [0.25, 0.3) is 0 Å². The minimum absolute atomic E-state index is 0.0278. The first-order valence-electron chi connectivity index (χ1n) is 5.85. The molecule has 0 saturated carbocycles.